The number of rotatable bonds is 4. The third-order valence-electron chi connectivity index (χ3n) is 8.50. The van der Waals surface area contributed by atoms with Crippen molar-refractivity contribution in [1.29, 1.82) is 10.5 Å². The molecule has 0 aliphatic carbocycles. The molecule has 3 heterocycles. The Hall–Kier alpha value is -4.40. The van der Waals surface area contributed by atoms with Crippen molar-refractivity contribution in [3.63, 3.8) is 0 Å². The SMILES string of the molecule is COc1ccccc1[C@H]1[C@@]2(C#N)CN(c3ccc(C)cc3)C[C@@]1(C#N)C1=NCN(c3ccc(C)cc3)CN1C2=S. The van der Waals surface area contributed by atoms with Crippen molar-refractivity contribution in [2.45, 2.75) is 19.8 Å². The normalized spacial score (nSPS) is 25.4. The van der Waals surface area contributed by atoms with Crippen LogP contribution in [0.15, 0.2) is 77.8 Å². The topological polar surface area (TPSA) is 78.9 Å². The molecule has 3 atom stereocenters. The van der Waals surface area contributed by atoms with Crippen molar-refractivity contribution in [1.82, 2.24) is 4.90 Å². The zero-order chi connectivity index (χ0) is 28.1. The molecule has 3 aliphatic heterocycles. The van der Waals surface area contributed by atoms with E-state index in [0.717, 1.165) is 22.5 Å². The Kier molecular flexibility index (Phi) is 6.24. The summed E-state index contributed by atoms with van der Waals surface area (Å²) in [5, 5.41) is 22.2. The Labute approximate surface area is 240 Å². The Balaban J connectivity index is 1.56. The number of aryl methyl sites for hydroxylation is 2. The molecule has 0 amide bonds. The summed E-state index contributed by atoms with van der Waals surface area (Å²) in [4.78, 5) is 11.8. The summed E-state index contributed by atoms with van der Waals surface area (Å²) in [6.07, 6.45) is 0. The first kappa shape index (κ1) is 25.9. The van der Waals surface area contributed by atoms with E-state index in [9.17, 15) is 10.5 Å². The summed E-state index contributed by atoms with van der Waals surface area (Å²) < 4.78 is 5.79. The van der Waals surface area contributed by atoms with E-state index in [-0.39, 0.29) is 0 Å². The molecule has 3 aromatic carbocycles. The Morgan fingerprint density at radius 2 is 1.43 bits per heavy atom. The summed E-state index contributed by atoms with van der Waals surface area (Å²) in [7, 11) is 1.62. The van der Waals surface area contributed by atoms with E-state index in [1.54, 1.807) is 7.11 Å². The van der Waals surface area contributed by atoms with Crippen LogP contribution in [0.25, 0.3) is 0 Å². The molecule has 7 nitrogen and oxygen atoms in total. The quantitative estimate of drug-likeness (QED) is 0.405. The number of hydrogen-bond acceptors (Lipinski definition) is 7. The second-order valence-corrected chi connectivity index (χ2v) is 11.3. The number of ether oxygens (including phenoxy) is 1. The van der Waals surface area contributed by atoms with Crippen molar-refractivity contribution in [3.8, 4) is 17.9 Å². The Bertz CT molecular complexity index is 1590. The van der Waals surface area contributed by atoms with Gasteiger partial charge in [-0.15, -0.1) is 0 Å². The minimum absolute atomic E-state index is 0.353. The first-order chi connectivity index (χ1) is 19.4. The molecule has 0 N–H and O–H groups in total. The molecule has 40 heavy (non-hydrogen) atoms. The van der Waals surface area contributed by atoms with Gasteiger partial charge in [0.15, 0.2) is 0 Å². The van der Waals surface area contributed by atoms with Gasteiger partial charge in [-0.25, -0.2) is 4.99 Å². The lowest BCUT2D eigenvalue weighted by atomic mass is 9.53. The number of benzene rings is 3. The van der Waals surface area contributed by atoms with Gasteiger partial charge in [0.25, 0.3) is 0 Å². The van der Waals surface area contributed by atoms with Crippen molar-refractivity contribution in [3.05, 3.63) is 89.5 Å². The maximum absolute atomic E-state index is 11.2. The number of para-hydroxylation sites is 1. The molecule has 2 bridgehead atoms. The highest BCUT2D eigenvalue weighted by molar-refractivity contribution is 7.80. The minimum Gasteiger partial charge on any atom is -0.496 e. The van der Waals surface area contributed by atoms with E-state index in [0.29, 0.717) is 43.0 Å². The highest BCUT2D eigenvalue weighted by Crippen LogP contribution is 2.60. The van der Waals surface area contributed by atoms with Crippen LogP contribution in [0.4, 0.5) is 11.4 Å². The number of amidine groups is 1. The molecular formula is C32H30N6OS. The van der Waals surface area contributed by atoms with Crippen molar-refractivity contribution in [2.24, 2.45) is 15.8 Å². The average molecular weight is 547 g/mol. The number of thiocarbonyl (C=S) groups is 1. The van der Waals surface area contributed by atoms with E-state index in [1.165, 1.54) is 5.56 Å². The first-order valence-corrected chi connectivity index (χ1v) is 13.7. The Morgan fingerprint density at radius 1 is 0.850 bits per heavy atom. The number of aliphatic imine (C=N–C) groups is 1. The fraction of sp³-hybridized carbons (Fsp3) is 0.312. The molecule has 3 aromatic rings. The van der Waals surface area contributed by atoms with Gasteiger partial charge in [0.2, 0.25) is 0 Å². The zero-order valence-electron chi connectivity index (χ0n) is 22.8. The fourth-order valence-electron chi connectivity index (χ4n) is 6.55. The lowest BCUT2D eigenvalue weighted by molar-refractivity contribution is 0.202. The molecule has 0 aromatic heterocycles. The number of piperidine rings is 2. The molecule has 200 valence electrons. The number of methoxy groups -OCH3 is 1. The highest BCUT2D eigenvalue weighted by Gasteiger charge is 2.68. The minimum atomic E-state index is -1.18. The summed E-state index contributed by atoms with van der Waals surface area (Å²) in [6, 6.07) is 29.5. The van der Waals surface area contributed by atoms with Gasteiger partial charge < -0.3 is 19.4 Å². The maximum Gasteiger partial charge on any atom is 0.141 e. The second-order valence-electron chi connectivity index (χ2n) is 10.9. The van der Waals surface area contributed by atoms with E-state index < -0.39 is 16.7 Å². The number of nitrogens with zero attached hydrogens (tertiary/aromatic N) is 6. The van der Waals surface area contributed by atoms with Gasteiger partial charge in [0, 0.05) is 35.9 Å². The predicted octanol–water partition coefficient (Wildman–Crippen LogP) is 5.41. The van der Waals surface area contributed by atoms with Crippen molar-refractivity contribution in [2.75, 3.05) is 43.3 Å². The lowest BCUT2D eigenvalue weighted by Gasteiger charge is -2.61. The van der Waals surface area contributed by atoms with Crippen LogP contribution in [0.2, 0.25) is 0 Å². The van der Waals surface area contributed by atoms with Gasteiger partial charge >= 0.3 is 0 Å². The fourth-order valence-corrected chi connectivity index (χ4v) is 6.92. The van der Waals surface area contributed by atoms with Gasteiger partial charge in [-0.2, -0.15) is 10.5 Å². The predicted molar refractivity (Wildman–Crippen MR) is 160 cm³/mol. The third kappa shape index (κ3) is 3.75. The zero-order valence-corrected chi connectivity index (χ0v) is 23.7. The standard InChI is InChI=1S/C32H30N6OS/c1-22-8-12-24(13-9-22)36-18-31(16-33)28(26-6-4-5-7-27(26)39-3)32(17-34,19-36)30(40)38-21-37(20-35-29(31)38)25-14-10-23(2)11-15-25/h4-15,28H,18-21H2,1-3H3/t28-,31-,32-/m1/s1. The van der Waals surface area contributed by atoms with Crippen LogP contribution < -0.4 is 14.5 Å². The molecule has 8 heteroatoms. The van der Waals surface area contributed by atoms with Gasteiger partial charge in [0.1, 0.15) is 34.1 Å². The smallest absolute Gasteiger partial charge is 0.141 e. The van der Waals surface area contributed by atoms with Gasteiger partial charge in [-0.05, 0) is 44.2 Å². The van der Waals surface area contributed by atoms with Crippen molar-refractivity contribution < 1.29 is 4.74 Å². The summed E-state index contributed by atoms with van der Waals surface area (Å²) in [5.41, 5.74) is 2.78. The molecule has 0 spiro atoms. The Morgan fingerprint density at radius 3 is 2.02 bits per heavy atom. The first-order valence-electron chi connectivity index (χ1n) is 13.3. The molecule has 6 rings (SSSR count). The molecule has 2 saturated heterocycles. The van der Waals surface area contributed by atoms with Crippen molar-refractivity contribution >= 4 is 34.4 Å². The van der Waals surface area contributed by atoms with E-state index >= 15 is 0 Å². The molecule has 0 unspecified atom stereocenters. The van der Waals surface area contributed by atoms with E-state index in [1.807, 2.05) is 48.2 Å². The van der Waals surface area contributed by atoms with E-state index in [4.69, 9.17) is 21.9 Å². The number of nitriles is 2. The summed E-state index contributed by atoms with van der Waals surface area (Å²) in [5.74, 6) is 0.715. The monoisotopic (exact) mass is 546 g/mol. The van der Waals surface area contributed by atoms with E-state index in [2.05, 4.69) is 65.3 Å². The van der Waals surface area contributed by atoms with Crippen LogP contribution in [0.3, 0.4) is 0 Å². The van der Waals surface area contributed by atoms with Crippen LogP contribution in [-0.4, -0.2) is 49.3 Å². The maximum atomic E-state index is 11.2. The number of fused-ring (bicyclic) bond motifs is 4. The van der Waals surface area contributed by atoms with Crippen LogP contribution in [0, 0.1) is 47.3 Å². The van der Waals surface area contributed by atoms with Gasteiger partial charge in [-0.3, -0.25) is 0 Å². The summed E-state index contributed by atoms with van der Waals surface area (Å²) >= 11 is 6.24. The van der Waals surface area contributed by atoms with Gasteiger partial charge in [-0.1, -0.05) is 65.8 Å². The van der Waals surface area contributed by atoms with Crippen LogP contribution in [-0.2, 0) is 0 Å². The molecule has 2 fully saturated rings. The van der Waals surface area contributed by atoms with Crippen LogP contribution in [0.5, 0.6) is 5.75 Å². The third-order valence-corrected chi connectivity index (χ3v) is 9.08. The second kappa shape index (κ2) is 9.66. The molecule has 3 aliphatic rings. The lowest BCUT2D eigenvalue weighted by Crippen LogP contribution is -2.73. The summed E-state index contributed by atoms with van der Waals surface area (Å²) in [6.45, 7) is 5.65. The largest absolute Gasteiger partial charge is 0.496 e. The van der Waals surface area contributed by atoms with Crippen LogP contribution in [0.1, 0.15) is 22.6 Å². The molecule has 0 saturated carbocycles. The number of hydrogen-bond donors (Lipinski definition) is 0. The molecular weight excluding hydrogens is 516 g/mol. The molecule has 0 radical (unpaired) electrons. The highest BCUT2D eigenvalue weighted by atomic mass is 32.1. The average Bonchev–Trinajstić information content (AvgIpc) is 3.00. The number of anilines is 2. The van der Waals surface area contributed by atoms with Crippen LogP contribution >= 0.6 is 12.2 Å². The van der Waals surface area contributed by atoms with Gasteiger partial charge in [0.05, 0.1) is 25.9 Å².